The van der Waals surface area contributed by atoms with Gasteiger partial charge in [0.2, 0.25) is 0 Å². The smallest absolute Gasteiger partial charge is 0.255 e. The third kappa shape index (κ3) is 4.63. The third-order valence-corrected chi connectivity index (χ3v) is 5.80. The van der Waals surface area contributed by atoms with Gasteiger partial charge in [-0.3, -0.25) is 14.6 Å². The molecule has 1 N–H and O–H groups in total. The molecule has 5 rings (SSSR count). The molecule has 182 valence electrons. The van der Waals surface area contributed by atoms with Gasteiger partial charge in [0.05, 0.1) is 41.7 Å². The molecule has 36 heavy (non-hydrogen) atoms. The molecule has 0 aliphatic carbocycles. The summed E-state index contributed by atoms with van der Waals surface area (Å²) in [5.41, 5.74) is -0.211. The van der Waals surface area contributed by atoms with E-state index in [0.29, 0.717) is 43.2 Å². The number of hydrogen-bond acceptors (Lipinski definition) is 6. The number of carbonyl (C=O) groups is 2. The van der Waals surface area contributed by atoms with E-state index in [-0.39, 0.29) is 16.8 Å². The fraction of sp³-hybridized carbons (Fsp3) is 0.154. The van der Waals surface area contributed by atoms with Crippen LogP contribution in [0.1, 0.15) is 26.3 Å². The first kappa shape index (κ1) is 23.4. The number of anilines is 2. The van der Waals surface area contributed by atoms with Crippen molar-refractivity contribution in [3.05, 3.63) is 94.9 Å². The quantitative estimate of drug-likeness (QED) is 0.417. The van der Waals surface area contributed by atoms with Crippen LogP contribution in [0.15, 0.2) is 60.8 Å². The maximum Gasteiger partial charge on any atom is 0.255 e. The Balaban J connectivity index is 1.45. The molecule has 1 aromatic heterocycles. The second-order valence-electron chi connectivity index (χ2n) is 8.11. The van der Waals surface area contributed by atoms with Gasteiger partial charge in [-0.2, -0.15) is 0 Å². The number of benzene rings is 3. The molecule has 0 bridgehead atoms. The Morgan fingerprint density at radius 1 is 0.889 bits per heavy atom. The summed E-state index contributed by atoms with van der Waals surface area (Å²) in [4.78, 5) is 36.5. The third-order valence-electron chi connectivity index (χ3n) is 5.80. The zero-order chi connectivity index (χ0) is 25.2. The van der Waals surface area contributed by atoms with Crippen molar-refractivity contribution in [2.24, 2.45) is 0 Å². The van der Waals surface area contributed by atoms with E-state index < -0.39 is 34.7 Å². The predicted octanol–water partition coefficient (Wildman–Crippen LogP) is 4.37. The molecule has 0 atom stereocenters. The lowest BCUT2D eigenvalue weighted by Gasteiger charge is -2.27. The zero-order valence-corrected chi connectivity index (χ0v) is 18.8. The topological polar surface area (TPSA) is 84.4 Å². The van der Waals surface area contributed by atoms with Crippen molar-refractivity contribution in [3.63, 3.8) is 0 Å². The summed E-state index contributed by atoms with van der Waals surface area (Å²) in [7, 11) is 0. The molecule has 1 aliphatic rings. The van der Waals surface area contributed by atoms with Crippen LogP contribution in [0.3, 0.4) is 0 Å². The van der Waals surface area contributed by atoms with E-state index in [1.54, 1.807) is 12.3 Å². The monoisotopic (exact) mass is 492 g/mol. The summed E-state index contributed by atoms with van der Waals surface area (Å²) in [6.07, 6.45) is 1.63. The van der Waals surface area contributed by atoms with Crippen molar-refractivity contribution in [3.8, 4) is 0 Å². The highest BCUT2D eigenvalue weighted by atomic mass is 19.1. The number of ether oxygens (including phenoxy) is 1. The van der Waals surface area contributed by atoms with Crippen molar-refractivity contribution in [2.75, 3.05) is 36.5 Å². The molecule has 1 saturated heterocycles. The number of amides is 1. The molecule has 3 aromatic carbocycles. The van der Waals surface area contributed by atoms with Gasteiger partial charge in [0.1, 0.15) is 17.5 Å². The number of aromatic nitrogens is 2. The number of halogens is 3. The Morgan fingerprint density at radius 3 is 2.36 bits per heavy atom. The minimum Gasteiger partial charge on any atom is -0.378 e. The first-order valence-electron chi connectivity index (χ1n) is 11.1. The highest BCUT2D eigenvalue weighted by Crippen LogP contribution is 2.26. The average molecular weight is 492 g/mol. The highest BCUT2D eigenvalue weighted by Gasteiger charge is 2.24. The molecule has 7 nitrogen and oxygen atoms in total. The molecule has 2 heterocycles. The lowest BCUT2D eigenvalue weighted by atomic mass is 10.0. The van der Waals surface area contributed by atoms with Crippen LogP contribution in [0, 0.1) is 17.5 Å². The van der Waals surface area contributed by atoms with Crippen LogP contribution in [-0.2, 0) is 4.74 Å². The number of nitrogens with one attached hydrogen (secondary N) is 1. The van der Waals surface area contributed by atoms with Crippen LogP contribution < -0.4 is 10.2 Å². The number of hydrogen-bond donors (Lipinski definition) is 1. The van der Waals surface area contributed by atoms with E-state index >= 15 is 4.39 Å². The summed E-state index contributed by atoms with van der Waals surface area (Å²) in [5.74, 6) is -3.88. The fourth-order valence-electron chi connectivity index (χ4n) is 3.89. The Labute approximate surface area is 203 Å². The van der Waals surface area contributed by atoms with Crippen LogP contribution in [0.2, 0.25) is 0 Å². The molecule has 0 radical (unpaired) electrons. The van der Waals surface area contributed by atoms with E-state index in [1.807, 2.05) is 4.90 Å². The van der Waals surface area contributed by atoms with Gasteiger partial charge in [0, 0.05) is 24.2 Å². The maximum absolute atomic E-state index is 15.2. The van der Waals surface area contributed by atoms with E-state index in [2.05, 4.69) is 15.3 Å². The van der Waals surface area contributed by atoms with E-state index in [0.717, 1.165) is 24.3 Å². The molecule has 1 amide bonds. The van der Waals surface area contributed by atoms with Crippen LogP contribution in [0.5, 0.6) is 0 Å². The number of carbonyl (C=O) groups excluding carboxylic acids is 2. The van der Waals surface area contributed by atoms with Crippen molar-refractivity contribution < 1.29 is 27.5 Å². The fourth-order valence-corrected chi connectivity index (χ4v) is 3.89. The lowest BCUT2D eigenvalue weighted by Crippen LogP contribution is -2.36. The largest absolute Gasteiger partial charge is 0.378 e. The van der Waals surface area contributed by atoms with E-state index in [4.69, 9.17) is 4.74 Å². The first-order chi connectivity index (χ1) is 17.4. The van der Waals surface area contributed by atoms with E-state index in [1.165, 1.54) is 24.3 Å². The summed E-state index contributed by atoms with van der Waals surface area (Å²) in [5, 5.41) is 2.30. The minimum absolute atomic E-state index is 0.00994. The standard InChI is InChI=1S/C26H19F3N4O3/c27-17-4-1-15(2-5-17)26(35)32-20-8-6-18(28)23(24(20)29)25(34)16-3-7-19-21(13-16)31-22(14-30-19)33-9-11-36-12-10-33/h1-8,13-14H,9-12H2,(H,32,35). The van der Waals surface area contributed by atoms with Crippen molar-refractivity contribution in [1.82, 2.24) is 9.97 Å². The molecular weight excluding hydrogens is 473 g/mol. The van der Waals surface area contributed by atoms with Gasteiger partial charge in [0.15, 0.2) is 11.6 Å². The Bertz CT molecular complexity index is 1470. The van der Waals surface area contributed by atoms with Gasteiger partial charge in [-0.25, -0.2) is 18.2 Å². The van der Waals surface area contributed by atoms with Crippen LogP contribution >= 0.6 is 0 Å². The predicted molar refractivity (Wildman–Crippen MR) is 127 cm³/mol. The minimum atomic E-state index is -1.22. The van der Waals surface area contributed by atoms with Crippen LogP contribution in [-0.4, -0.2) is 48.0 Å². The number of rotatable bonds is 5. The van der Waals surface area contributed by atoms with E-state index in [9.17, 15) is 18.4 Å². The number of morpholine rings is 1. The summed E-state index contributed by atoms with van der Waals surface area (Å²) < 4.78 is 48.3. The molecule has 0 unspecified atom stereocenters. The summed E-state index contributed by atoms with van der Waals surface area (Å²) in [6, 6.07) is 10.9. The second kappa shape index (κ2) is 9.74. The van der Waals surface area contributed by atoms with Gasteiger partial charge < -0.3 is 15.0 Å². The number of nitrogens with zero attached hydrogens (tertiary/aromatic N) is 3. The lowest BCUT2D eigenvalue weighted by molar-refractivity contribution is 0.101. The average Bonchev–Trinajstić information content (AvgIpc) is 2.90. The number of fused-ring (bicyclic) bond motifs is 1. The van der Waals surface area contributed by atoms with Gasteiger partial charge in [-0.05, 0) is 54.6 Å². The van der Waals surface area contributed by atoms with Gasteiger partial charge in [-0.1, -0.05) is 0 Å². The van der Waals surface area contributed by atoms with Crippen molar-refractivity contribution >= 4 is 34.2 Å². The van der Waals surface area contributed by atoms with Crippen molar-refractivity contribution in [2.45, 2.75) is 0 Å². The van der Waals surface area contributed by atoms with Crippen LogP contribution in [0.4, 0.5) is 24.7 Å². The van der Waals surface area contributed by atoms with Crippen molar-refractivity contribution in [1.29, 1.82) is 0 Å². The van der Waals surface area contributed by atoms with Gasteiger partial charge in [0.25, 0.3) is 5.91 Å². The molecule has 0 saturated carbocycles. The molecule has 4 aromatic rings. The Hall–Kier alpha value is -4.31. The molecule has 10 heteroatoms. The SMILES string of the molecule is O=C(Nc1ccc(F)c(C(=O)c2ccc3ncc(N4CCOCC4)nc3c2)c1F)c1ccc(F)cc1. The van der Waals surface area contributed by atoms with Gasteiger partial charge in [-0.15, -0.1) is 0 Å². The second-order valence-corrected chi connectivity index (χ2v) is 8.11. The van der Waals surface area contributed by atoms with Gasteiger partial charge >= 0.3 is 0 Å². The molecule has 1 fully saturated rings. The van der Waals surface area contributed by atoms with Crippen LogP contribution in [0.25, 0.3) is 11.0 Å². The number of ketones is 1. The summed E-state index contributed by atoms with van der Waals surface area (Å²) >= 11 is 0. The summed E-state index contributed by atoms with van der Waals surface area (Å²) in [6.45, 7) is 2.41. The molecule has 0 spiro atoms. The normalized spacial score (nSPS) is 13.6. The molecule has 1 aliphatic heterocycles. The first-order valence-corrected chi connectivity index (χ1v) is 11.1. The zero-order valence-electron chi connectivity index (χ0n) is 18.8. The maximum atomic E-state index is 15.2. The Morgan fingerprint density at radius 2 is 1.61 bits per heavy atom. The highest BCUT2D eigenvalue weighted by molar-refractivity contribution is 6.12. The molecular formula is C26H19F3N4O3. The Kier molecular flexibility index (Phi) is 6.34.